The molecule has 1 spiro atoms. The second kappa shape index (κ2) is 10.8. The van der Waals surface area contributed by atoms with Gasteiger partial charge < -0.3 is 23.7 Å². The molecule has 8 nitrogen and oxygen atoms in total. The predicted molar refractivity (Wildman–Crippen MR) is 147 cm³/mol. The van der Waals surface area contributed by atoms with Gasteiger partial charge in [-0.05, 0) is 85.3 Å². The Morgan fingerprint density at radius 1 is 1.00 bits per heavy atom. The fraction of sp³-hybridized carbons (Fsp3) is 0.655. The maximum absolute atomic E-state index is 16.0. The van der Waals surface area contributed by atoms with Gasteiger partial charge >= 0.3 is 19.3 Å². The summed E-state index contributed by atoms with van der Waals surface area (Å²) in [5, 5.41) is 0. The average molecular weight is 544 g/mol. The second-order valence-corrected chi connectivity index (χ2v) is 12.9. The van der Waals surface area contributed by atoms with Crippen molar-refractivity contribution in [1.82, 2.24) is 9.80 Å². The summed E-state index contributed by atoms with van der Waals surface area (Å²) >= 11 is 0. The molecule has 3 fully saturated rings. The van der Waals surface area contributed by atoms with E-state index in [4.69, 9.17) is 18.8 Å². The minimum atomic E-state index is -1.13. The van der Waals surface area contributed by atoms with Gasteiger partial charge in [0.15, 0.2) is 0 Å². The van der Waals surface area contributed by atoms with Crippen LogP contribution in [0.1, 0.15) is 79.7 Å². The number of carbonyl (C=O) groups excluding carboxylic acids is 2. The summed E-state index contributed by atoms with van der Waals surface area (Å²) in [5.74, 6) is 0. The van der Waals surface area contributed by atoms with Crippen LogP contribution in [0, 0.1) is 0 Å². The Kier molecular flexibility index (Phi) is 8.12. The van der Waals surface area contributed by atoms with Gasteiger partial charge in [-0.15, -0.1) is 0 Å². The van der Waals surface area contributed by atoms with Crippen LogP contribution in [-0.2, 0) is 25.4 Å². The quantitative estimate of drug-likeness (QED) is 0.432. The highest BCUT2D eigenvalue weighted by molar-refractivity contribution is 6.53. The van der Waals surface area contributed by atoms with E-state index in [0.717, 1.165) is 5.56 Å². The van der Waals surface area contributed by atoms with Gasteiger partial charge in [0, 0.05) is 19.6 Å². The summed E-state index contributed by atoms with van der Waals surface area (Å²) in [6.07, 6.45) is 1.18. The zero-order chi connectivity index (χ0) is 28.6. The largest absolute Gasteiger partial charge is 0.525 e. The van der Waals surface area contributed by atoms with Gasteiger partial charge in [0.05, 0.1) is 16.7 Å². The second-order valence-electron chi connectivity index (χ2n) is 12.9. The number of halogens is 1. The van der Waals surface area contributed by atoms with Crippen molar-refractivity contribution >= 4 is 19.3 Å². The SMILES string of the molecule is CC(C)(C)OC(=O)N1CCCC2(CC1)CC(=C(F)B1OC(C)(C)C(C)(C)O1)CN2C(=O)OCc1ccccc1. The third kappa shape index (κ3) is 6.43. The van der Waals surface area contributed by atoms with Gasteiger partial charge in [-0.3, -0.25) is 4.90 Å². The van der Waals surface area contributed by atoms with Crippen molar-refractivity contribution in [3.8, 4) is 0 Å². The first-order valence-corrected chi connectivity index (χ1v) is 13.8. The van der Waals surface area contributed by atoms with E-state index in [1.165, 1.54) is 0 Å². The smallest absolute Gasteiger partial charge is 0.445 e. The van der Waals surface area contributed by atoms with Crippen LogP contribution in [0.4, 0.5) is 14.0 Å². The Hall–Kier alpha value is -2.59. The van der Waals surface area contributed by atoms with E-state index < -0.39 is 41.3 Å². The maximum atomic E-state index is 16.0. The zero-order valence-corrected chi connectivity index (χ0v) is 24.3. The summed E-state index contributed by atoms with van der Waals surface area (Å²) in [5.41, 5.74) is -1.82. The molecule has 0 N–H and O–H groups in total. The standard InChI is InChI=1S/C29H42BFN2O6/c1-26(2,3)37-24(34)32-16-11-14-29(15-17-32)18-22(23(31)30-38-27(4,5)28(6,7)39-30)19-33(29)25(35)36-20-21-12-9-8-10-13-21/h8-10,12-13H,11,14-20H2,1-7H3. The van der Waals surface area contributed by atoms with E-state index in [-0.39, 0.29) is 19.2 Å². The number of amides is 2. The Morgan fingerprint density at radius 3 is 2.26 bits per heavy atom. The minimum absolute atomic E-state index is 0.0793. The highest BCUT2D eigenvalue weighted by Crippen LogP contribution is 2.45. The van der Waals surface area contributed by atoms with Crippen molar-refractivity contribution in [1.29, 1.82) is 0 Å². The summed E-state index contributed by atoms with van der Waals surface area (Å²) in [4.78, 5) is 29.6. The van der Waals surface area contributed by atoms with Crippen LogP contribution in [0.2, 0.25) is 0 Å². The van der Waals surface area contributed by atoms with Crippen molar-refractivity contribution in [2.75, 3.05) is 19.6 Å². The van der Waals surface area contributed by atoms with Gasteiger partial charge in [-0.1, -0.05) is 30.3 Å². The van der Waals surface area contributed by atoms with E-state index in [2.05, 4.69) is 0 Å². The van der Waals surface area contributed by atoms with Crippen molar-refractivity contribution in [3.05, 3.63) is 47.2 Å². The Morgan fingerprint density at radius 2 is 1.64 bits per heavy atom. The van der Waals surface area contributed by atoms with Gasteiger partial charge in [0.25, 0.3) is 0 Å². The molecule has 3 saturated heterocycles. The monoisotopic (exact) mass is 544 g/mol. The van der Waals surface area contributed by atoms with Gasteiger partial charge in [-0.2, -0.15) is 0 Å². The van der Waals surface area contributed by atoms with E-state index in [0.29, 0.717) is 44.3 Å². The van der Waals surface area contributed by atoms with Crippen LogP contribution in [-0.4, -0.2) is 71.1 Å². The number of hydrogen-bond acceptors (Lipinski definition) is 6. The highest BCUT2D eigenvalue weighted by atomic mass is 19.1. The molecule has 39 heavy (non-hydrogen) atoms. The normalized spacial score (nSPS) is 26.0. The van der Waals surface area contributed by atoms with E-state index >= 15 is 4.39 Å². The molecule has 0 radical (unpaired) electrons. The van der Waals surface area contributed by atoms with E-state index in [1.54, 1.807) is 9.80 Å². The maximum Gasteiger partial charge on any atom is 0.525 e. The molecule has 4 rings (SSSR count). The molecule has 1 unspecified atom stereocenters. The lowest BCUT2D eigenvalue weighted by atomic mass is 9.81. The zero-order valence-electron chi connectivity index (χ0n) is 24.3. The van der Waals surface area contributed by atoms with Gasteiger partial charge in [-0.25, -0.2) is 14.0 Å². The number of nitrogens with zero attached hydrogens (tertiary/aromatic N) is 2. The van der Waals surface area contributed by atoms with E-state index in [1.807, 2.05) is 78.8 Å². The molecule has 3 aliphatic rings. The molecule has 2 amide bonds. The number of likely N-dealkylation sites (tertiary alicyclic amines) is 2. The lowest BCUT2D eigenvalue weighted by Crippen LogP contribution is -2.48. The summed E-state index contributed by atoms with van der Waals surface area (Å²) in [6, 6.07) is 9.45. The fourth-order valence-electron chi connectivity index (χ4n) is 5.37. The Labute approximate surface area is 231 Å². The number of hydrogen-bond donors (Lipinski definition) is 0. The number of rotatable bonds is 3. The molecule has 0 saturated carbocycles. The highest BCUT2D eigenvalue weighted by Gasteiger charge is 2.55. The number of benzene rings is 1. The predicted octanol–water partition coefficient (Wildman–Crippen LogP) is 6.04. The minimum Gasteiger partial charge on any atom is -0.445 e. The summed E-state index contributed by atoms with van der Waals surface area (Å²) in [6.45, 7) is 14.1. The summed E-state index contributed by atoms with van der Waals surface area (Å²) < 4.78 is 39.2. The average Bonchev–Trinajstić information content (AvgIpc) is 3.21. The van der Waals surface area contributed by atoms with Crippen LogP contribution in [0.5, 0.6) is 0 Å². The molecule has 0 aliphatic carbocycles. The van der Waals surface area contributed by atoms with Crippen molar-refractivity contribution in [2.24, 2.45) is 0 Å². The molecule has 0 aromatic heterocycles. The van der Waals surface area contributed by atoms with Crippen molar-refractivity contribution in [2.45, 2.75) is 103 Å². The molecule has 3 aliphatic heterocycles. The lowest BCUT2D eigenvalue weighted by Gasteiger charge is -2.37. The number of carbonyl (C=O) groups is 2. The van der Waals surface area contributed by atoms with Gasteiger partial charge in [0.1, 0.15) is 17.9 Å². The fourth-order valence-corrected chi connectivity index (χ4v) is 5.37. The molecule has 1 atom stereocenters. The van der Waals surface area contributed by atoms with Crippen LogP contribution < -0.4 is 0 Å². The third-order valence-corrected chi connectivity index (χ3v) is 8.26. The van der Waals surface area contributed by atoms with Crippen LogP contribution in [0.15, 0.2) is 41.6 Å². The first-order valence-electron chi connectivity index (χ1n) is 13.8. The molecule has 1 aromatic rings. The van der Waals surface area contributed by atoms with Crippen LogP contribution in [0.3, 0.4) is 0 Å². The Bertz CT molecular complexity index is 1090. The van der Waals surface area contributed by atoms with Crippen molar-refractivity contribution < 1.29 is 32.8 Å². The Balaban J connectivity index is 1.58. The first-order chi connectivity index (χ1) is 18.1. The summed E-state index contributed by atoms with van der Waals surface area (Å²) in [7, 11) is -1.13. The lowest BCUT2D eigenvalue weighted by molar-refractivity contribution is 0.00578. The third-order valence-electron chi connectivity index (χ3n) is 8.26. The molecule has 3 heterocycles. The van der Waals surface area contributed by atoms with Crippen LogP contribution >= 0.6 is 0 Å². The van der Waals surface area contributed by atoms with Crippen LogP contribution in [0.25, 0.3) is 0 Å². The van der Waals surface area contributed by atoms with Crippen molar-refractivity contribution in [3.63, 3.8) is 0 Å². The van der Waals surface area contributed by atoms with Gasteiger partial charge in [0.2, 0.25) is 0 Å². The van der Waals surface area contributed by atoms with E-state index in [9.17, 15) is 9.59 Å². The molecule has 214 valence electrons. The topological polar surface area (TPSA) is 77.5 Å². The molecular formula is C29H42BFN2O6. The molecule has 10 heteroatoms. The molecule has 1 aromatic carbocycles. The first kappa shape index (κ1) is 29.4. The number of ether oxygens (including phenoxy) is 2. The molecular weight excluding hydrogens is 502 g/mol. The molecule has 0 bridgehead atoms.